The molecule has 2 aliphatic rings. The molecule has 2 saturated heterocycles. The Morgan fingerprint density at radius 2 is 1.76 bits per heavy atom. The third-order valence-electron chi connectivity index (χ3n) is 4.96. The molecule has 0 bridgehead atoms. The van der Waals surface area contributed by atoms with Crippen molar-refractivity contribution in [2.75, 3.05) is 32.7 Å². The van der Waals surface area contributed by atoms with E-state index in [0.717, 1.165) is 31.8 Å². The molecule has 2 fully saturated rings. The summed E-state index contributed by atoms with van der Waals surface area (Å²) in [7, 11) is -3.30. The van der Waals surface area contributed by atoms with E-state index in [9.17, 15) is 8.42 Å². The molecule has 2 atom stereocenters. The van der Waals surface area contributed by atoms with Crippen LogP contribution in [0.25, 0.3) is 0 Å². The molecule has 6 heteroatoms. The van der Waals surface area contributed by atoms with E-state index < -0.39 is 10.2 Å². The molecule has 2 heterocycles. The van der Waals surface area contributed by atoms with Crippen LogP contribution >= 0.6 is 0 Å². The maximum atomic E-state index is 12.3. The van der Waals surface area contributed by atoms with Gasteiger partial charge in [0.15, 0.2) is 0 Å². The van der Waals surface area contributed by atoms with Gasteiger partial charge in [0, 0.05) is 32.2 Å². The van der Waals surface area contributed by atoms with Gasteiger partial charge >= 0.3 is 0 Å². The maximum absolute atomic E-state index is 12.3. The fraction of sp³-hybridized carbons (Fsp3) is 1.00. The maximum Gasteiger partial charge on any atom is 0.279 e. The first-order chi connectivity index (χ1) is 9.88. The Hall–Kier alpha value is -0.170. The minimum absolute atomic E-state index is 0.270. The summed E-state index contributed by atoms with van der Waals surface area (Å²) in [5.41, 5.74) is 0. The molecule has 21 heavy (non-hydrogen) atoms. The molecule has 0 amide bonds. The van der Waals surface area contributed by atoms with Crippen LogP contribution in [0.15, 0.2) is 0 Å². The van der Waals surface area contributed by atoms with E-state index in [-0.39, 0.29) is 6.04 Å². The summed E-state index contributed by atoms with van der Waals surface area (Å²) in [5.74, 6) is 1.37. The molecule has 0 aromatic rings. The molecule has 0 saturated carbocycles. The van der Waals surface area contributed by atoms with Crippen molar-refractivity contribution in [1.29, 1.82) is 0 Å². The minimum Gasteiger partial charge on any atom is -0.299 e. The molecule has 2 aliphatic heterocycles. The van der Waals surface area contributed by atoms with E-state index in [1.54, 1.807) is 4.31 Å². The summed E-state index contributed by atoms with van der Waals surface area (Å²) in [6.07, 6.45) is 4.46. The number of nitrogens with one attached hydrogen (secondary N) is 1. The van der Waals surface area contributed by atoms with Gasteiger partial charge in [-0.25, -0.2) is 4.72 Å². The van der Waals surface area contributed by atoms with Crippen LogP contribution in [-0.4, -0.2) is 56.4 Å². The number of hydrogen-bond acceptors (Lipinski definition) is 3. The van der Waals surface area contributed by atoms with Crippen LogP contribution in [0.2, 0.25) is 0 Å². The average molecular weight is 317 g/mol. The lowest BCUT2D eigenvalue weighted by Crippen LogP contribution is -2.50. The van der Waals surface area contributed by atoms with Gasteiger partial charge in [-0.15, -0.1) is 0 Å². The van der Waals surface area contributed by atoms with Crippen LogP contribution in [0.4, 0.5) is 0 Å². The van der Waals surface area contributed by atoms with Gasteiger partial charge in [-0.1, -0.05) is 13.8 Å². The normalized spacial score (nSPS) is 28.6. The molecule has 0 aromatic carbocycles. The van der Waals surface area contributed by atoms with Crippen LogP contribution in [-0.2, 0) is 10.2 Å². The van der Waals surface area contributed by atoms with E-state index in [1.807, 2.05) is 0 Å². The molecule has 2 rings (SSSR count). The lowest BCUT2D eigenvalue weighted by Gasteiger charge is -2.36. The molecule has 1 N–H and O–H groups in total. The predicted octanol–water partition coefficient (Wildman–Crippen LogP) is 1.67. The standard InChI is InChI=1S/C15H31N3O2S/c1-13-6-9-18(10-7-13)21(19,20)16-11-15(3)17-8-4-5-14(2)12-17/h13-16H,4-12H2,1-3H3/t14-,15+/m0/s1. The lowest BCUT2D eigenvalue weighted by atomic mass is 9.99. The zero-order valence-electron chi connectivity index (χ0n) is 13.7. The van der Waals surface area contributed by atoms with Crippen molar-refractivity contribution in [2.45, 2.75) is 52.5 Å². The summed E-state index contributed by atoms with van der Waals surface area (Å²) in [6.45, 7) is 10.6. The number of hydrogen-bond donors (Lipinski definition) is 1. The summed E-state index contributed by atoms with van der Waals surface area (Å²) >= 11 is 0. The third kappa shape index (κ3) is 4.91. The Kier molecular flexibility index (Phi) is 6.05. The first-order valence-electron chi connectivity index (χ1n) is 8.37. The van der Waals surface area contributed by atoms with Gasteiger partial charge in [0.25, 0.3) is 10.2 Å². The van der Waals surface area contributed by atoms with E-state index in [2.05, 4.69) is 30.4 Å². The molecule has 0 aromatic heterocycles. The van der Waals surface area contributed by atoms with E-state index in [4.69, 9.17) is 0 Å². The Bertz CT molecular complexity index is 419. The number of piperidine rings is 2. The summed E-state index contributed by atoms with van der Waals surface area (Å²) in [4.78, 5) is 2.41. The zero-order chi connectivity index (χ0) is 15.5. The molecular formula is C15H31N3O2S. The lowest BCUT2D eigenvalue weighted by molar-refractivity contribution is 0.139. The van der Waals surface area contributed by atoms with Crippen molar-refractivity contribution in [3.05, 3.63) is 0 Å². The highest BCUT2D eigenvalue weighted by Gasteiger charge is 2.27. The van der Waals surface area contributed by atoms with Crippen LogP contribution in [0.1, 0.15) is 46.5 Å². The minimum atomic E-state index is -3.30. The van der Waals surface area contributed by atoms with Crippen molar-refractivity contribution in [2.24, 2.45) is 11.8 Å². The van der Waals surface area contributed by atoms with Gasteiger partial charge in [0.05, 0.1) is 0 Å². The fourth-order valence-corrected chi connectivity index (χ4v) is 4.62. The smallest absolute Gasteiger partial charge is 0.279 e. The Morgan fingerprint density at radius 1 is 1.10 bits per heavy atom. The molecule has 124 valence electrons. The highest BCUT2D eigenvalue weighted by molar-refractivity contribution is 7.87. The first kappa shape index (κ1) is 17.2. The molecule has 5 nitrogen and oxygen atoms in total. The molecule has 0 aliphatic carbocycles. The van der Waals surface area contributed by atoms with E-state index in [1.165, 1.54) is 12.8 Å². The Labute approximate surface area is 130 Å². The molecule has 0 unspecified atom stereocenters. The van der Waals surface area contributed by atoms with Gasteiger partial charge in [0.2, 0.25) is 0 Å². The third-order valence-corrected chi connectivity index (χ3v) is 6.53. The van der Waals surface area contributed by atoms with Gasteiger partial charge < -0.3 is 0 Å². The first-order valence-corrected chi connectivity index (χ1v) is 9.81. The highest BCUT2D eigenvalue weighted by Crippen LogP contribution is 2.19. The van der Waals surface area contributed by atoms with Crippen molar-refractivity contribution in [3.8, 4) is 0 Å². The Balaban J connectivity index is 1.80. The second-order valence-corrected chi connectivity index (χ2v) is 8.78. The molecule has 0 radical (unpaired) electrons. The number of nitrogens with zero attached hydrogens (tertiary/aromatic N) is 2. The largest absolute Gasteiger partial charge is 0.299 e. The number of rotatable bonds is 5. The van der Waals surface area contributed by atoms with Crippen LogP contribution in [0.5, 0.6) is 0 Å². The predicted molar refractivity (Wildman–Crippen MR) is 86.3 cm³/mol. The fourth-order valence-electron chi connectivity index (χ4n) is 3.30. The average Bonchev–Trinajstić information content (AvgIpc) is 2.45. The van der Waals surface area contributed by atoms with Gasteiger partial charge in [-0.3, -0.25) is 4.90 Å². The molecule has 0 spiro atoms. The summed E-state index contributed by atoms with van der Waals surface area (Å²) in [5, 5.41) is 0. The van der Waals surface area contributed by atoms with Crippen LogP contribution in [0, 0.1) is 11.8 Å². The highest BCUT2D eigenvalue weighted by atomic mass is 32.2. The van der Waals surface area contributed by atoms with Crippen molar-refractivity contribution in [1.82, 2.24) is 13.9 Å². The zero-order valence-corrected chi connectivity index (χ0v) is 14.5. The second-order valence-electron chi connectivity index (χ2n) is 7.03. The monoisotopic (exact) mass is 317 g/mol. The quantitative estimate of drug-likeness (QED) is 0.839. The van der Waals surface area contributed by atoms with Gasteiger partial charge in [0.1, 0.15) is 0 Å². The SMILES string of the molecule is CC1CCN(S(=O)(=O)NC[C@@H](C)N2CCC[C@H](C)C2)CC1. The summed E-state index contributed by atoms with van der Waals surface area (Å²) in [6, 6.07) is 0.270. The second kappa shape index (κ2) is 7.40. The van der Waals surface area contributed by atoms with Gasteiger partial charge in [-0.2, -0.15) is 12.7 Å². The Morgan fingerprint density at radius 3 is 2.38 bits per heavy atom. The molecular weight excluding hydrogens is 286 g/mol. The van der Waals surface area contributed by atoms with E-state index >= 15 is 0 Å². The van der Waals surface area contributed by atoms with E-state index in [0.29, 0.717) is 25.6 Å². The van der Waals surface area contributed by atoms with Crippen molar-refractivity contribution in [3.63, 3.8) is 0 Å². The van der Waals surface area contributed by atoms with Crippen molar-refractivity contribution < 1.29 is 8.42 Å². The van der Waals surface area contributed by atoms with Crippen molar-refractivity contribution >= 4 is 10.2 Å². The topological polar surface area (TPSA) is 52.7 Å². The number of likely N-dealkylation sites (tertiary alicyclic amines) is 1. The summed E-state index contributed by atoms with van der Waals surface area (Å²) < 4.78 is 29.1. The van der Waals surface area contributed by atoms with Crippen LogP contribution in [0.3, 0.4) is 0 Å². The van der Waals surface area contributed by atoms with Gasteiger partial charge in [-0.05, 0) is 51.0 Å². The van der Waals surface area contributed by atoms with Crippen LogP contribution < -0.4 is 4.72 Å².